The zero-order valence-corrected chi connectivity index (χ0v) is 10.0. The number of pyridine rings is 1. The Hall–Kier alpha value is -2.17. The van der Waals surface area contributed by atoms with Crippen molar-refractivity contribution in [1.82, 2.24) is 24.1 Å². The zero-order valence-electron chi connectivity index (χ0n) is 10.0. The van der Waals surface area contributed by atoms with Crippen LogP contribution >= 0.6 is 0 Å². The lowest BCUT2D eigenvalue weighted by Gasteiger charge is -2.04. The Morgan fingerprint density at radius 2 is 1.94 bits per heavy atom. The summed E-state index contributed by atoms with van der Waals surface area (Å²) in [5.74, 6) is 1.80. The fourth-order valence-electron chi connectivity index (χ4n) is 1.98. The first kappa shape index (κ1) is 10.0. The van der Waals surface area contributed by atoms with Crippen molar-refractivity contribution in [2.75, 3.05) is 0 Å². The molecular weight excluding hydrogens is 214 g/mol. The first-order chi connectivity index (χ1) is 8.18. The molecule has 0 radical (unpaired) electrons. The Kier molecular flexibility index (Phi) is 2.01. The fourth-order valence-corrected chi connectivity index (χ4v) is 1.98. The lowest BCUT2D eigenvalue weighted by Crippen LogP contribution is -1.99. The van der Waals surface area contributed by atoms with E-state index < -0.39 is 0 Å². The molecule has 17 heavy (non-hydrogen) atoms. The molecule has 0 amide bonds. The predicted molar refractivity (Wildman–Crippen MR) is 64.7 cm³/mol. The normalized spacial score (nSPS) is 11.2. The maximum Gasteiger partial charge on any atom is 0.186 e. The molecule has 0 fully saturated rings. The molecule has 5 nitrogen and oxygen atoms in total. The van der Waals surface area contributed by atoms with Crippen LogP contribution in [0.25, 0.3) is 17.2 Å². The molecule has 3 heterocycles. The van der Waals surface area contributed by atoms with Crippen LogP contribution < -0.4 is 0 Å². The van der Waals surface area contributed by atoms with Crippen molar-refractivity contribution in [1.29, 1.82) is 0 Å². The molecule has 5 heteroatoms. The largest absolute Gasteiger partial charge is 0.329 e. The zero-order chi connectivity index (χ0) is 12.0. The summed E-state index contributed by atoms with van der Waals surface area (Å²) in [7, 11) is 1.98. The SMILES string of the molecule is Cc1ncc(-c2nnc3cccc(C)n23)n1C. The second-order valence-electron chi connectivity index (χ2n) is 4.13. The van der Waals surface area contributed by atoms with Crippen LogP contribution in [0.5, 0.6) is 0 Å². The lowest BCUT2D eigenvalue weighted by atomic mass is 10.3. The van der Waals surface area contributed by atoms with Crippen LogP contribution in [0.1, 0.15) is 11.5 Å². The van der Waals surface area contributed by atoms with Gasteiger partial charge in [0.2, 0.25) is 0 Å². The molecule has 86 valence electrons. The van der Waals surface area contributed by atoms with Crippen LogP contribution in [0, 0.1) is 13.8 Å². The van der Waals surface area contributed by atoms with E-state index >= 15 is 0 Å². The van der Waals surface area contributed by atoms with E-state index in [1.54, 1.807) is 0 Å². The van der Waals surface area contributed by atoms with E-state index in [1.807, 2.05) is 54.3 Å². The number of aryl methyl sites for hydroxylation is 2. The number of imidazole rings is 1. The van der Waals surface area contributed by atoms with E-state index in [1.165, 1.54) is 0 Å². The van der Waals surface area contributed by atoms with Crippen LogP contribution in [0.4, 0.5) is 0 Å². The number of fused-ring (bicyclic) bond motifs is 1. The van der Waals surface area contributed by atoms with Crippen molar-refractivity contribution in [3.05, 3.63) is 35.9 Å². The highest BCUT2D eigenvalue weighted by atomic mass is 15.3. The van der Waals surface area contributed by atoms with Gasteiger partial charge < -0.3 is 4.57 Å². The Morgan fingerprint density at radius 1 is 1.12 bits per heavy atom. The Labute approximate surface area is 98.7 Å². The van der Waals surface area contributed by atoms with Gasteiger partial charge in [-0.3, -0.25) is 4.40 Å². The minimum Gasteiger partial charge on any atom is -0.329 e. The first-order valence-corrected chi connectivity index (χ1v) is 5.48. The topological polar surface area (TPSA) is 48.0 Å². The third-order valence-corrected chi connectivity index (χ3v) is 3.07. The molecule has 0 saturated carbocycles. The second kappa shape index (κ2) is 3.41. The van der Waals surface area contributed by atoms with Gasteiger partial charge in [0.05, 0.1) is 6.20 Å². The Morgan fingerprint density at radius 3 is 2.65 bits per heavy atom. The third kappa shape index (κ3) is 1.35. The predicted octanol–water partition coefficient (Wildman–Crippen LogP) is 1.75. The van der Waals surface area contributed by atoms with Crippen molar-refractivity contribution >= 4 is 5.65 Å². The van der Waals surface area contributed by atoms with Gasteiger partial charge in [-0.2, -0.15) is 0 Å². The lowest BCUT2D eigenvalue weighted by molar-refractivity contribution is 0.853. The summed E-state index contributed by atoms with van der Waals surface area (Å²) >= 11 is 0. The quantitative estimate of drug-likeness (QED) is 0.636. The van der Waals surface area contributed by atoms with E-state index in [2.05, 4.69) is 15.2 Å². The molecule has 0 spiro atoms. The summed E-state index contributed by atoms with van der Waals surface area (Å²) in [5.41, 5.74) is 2.95. The molecule has 0 atom stereocenters. The molecule has 3 rings (SSSR count). The van der Waals surface area contributed by atoms with Crippen LogP contribution in [-0.2, 0) is 7.05 Å². The van der Waals surface area contributed by atoms with Gasteiger partial charge >= 0.3 is 0 Å². The summed E-state index contributed by atoms with van der Waals surface area (Å²) < 4.78 is 4.05. The molecule has 3 aromatic rings. The molecule has 0 bridgehead atoms. The minimum atomic E-state index is 0.834. The van der Waals surface area contributed by atoms with Crippen LogP contribution in [0.3, 0.4) is 0 Å². The number of hydrogen-bond acceptors (Lipinski definition) is 3. The molecule has 0 aliphatic rings. The van der Waals surface area contributed by atoms with Crippen molar-refractivity contribution in [3.63, 3.8) is 0 Å². The molecule has 0 aliphatic heterocycles. The maximum atomic E-state index is 4.29. The summed E-state index contributed by atoms with van der Waals surface area (Å²) in [6.45, 7) is 4.02. The van der Waals surface area contributed by atoms with Crippen molar-refractivity contribution in [2.24, 2.45) is 7.05 Å². The van der Waals surface area contributed by atoms with Crippen LogP contribution in [-0.4, -0.2) is 24.1 Å². The smallest absolute Gasteiger partial charge is 0.186 e. The second-order valence-corrected chi connectivity index (χ2v) is 4.13. The number of aromatic nitrogens is 5. The van der Waals surface area contributed by atoms with Crippen LogP contribution in [0.2, 0.25) is 0 Å². The first-order valence-electron chi connectivity index (χ1n) is 5.48. The average Bonchev–Trinajstić information content (AvgIpc) is 2.86. The van der Waals surface area contributed by atoms with Gasteiger partial charge in [0.15, 0.2) is 11.5 Å². The van der Waals surface area contributed by atoms with Crippen LogP contribution in [0.15, 0.2) is 24.4 Å². The van der Waals surface area contributed by atoms with Gasteiger partial charge in [-0.05, 0) is 26.0 Å². The minimum absolute atomic E-state index is 0.834. The van der Waals surface area contributed by atoms with E-state index in [4.69, 9.17) is 0 Å². The maximum absolute atomic E-state index is 4.29. The Bertz CT molecular complexity index is 692. The van der Waals surface area contributed by atoms with Crippen molar-refractivity contribution < 1.29 is 0 Å². The average molecular weight is 227 g/mol. The Balaban J connectivity index is 2.35. The summed E-state index contributed by atoms with van der Waals surface area (Å²) in [6.07, 6.45) is 1.83. The molecular formula is C12H13N5. The van der Waals surface area contributed by atoms with E-state index in [0.717, 1.165) is 28.7 Å². The molecule has 0 aromatic carbocycles. The standard InChI is InChI=1S/C12H13N5/c1-8-5-4-6-11-14-15-12(17(8)11)10-7-13-9(2)16(10)3/h4-7H,1-3H3. The molecule has 3 aromatic heterocycles. The summed E-state index contributed by atoms with van der Waals surface area (Å²) in [4.78, 5) is 4.29. The number of rotatable bonds is 1. The molecule has 0 unspecified atom stereocenters. The van der Waals surface area contributed by atoms with E-state index in [9.17, 15) is 0 Å². The summed E-state index contributed by atoms with van der Waals surface area (Å²) in [6, 6.07) is 5.98. The molecule has 0 aliphatic carbocycles. The van der Waals surface area contributed by atoms with Gasteiger partial charge in [-0.15, -0.1) is 10.2 Å². The van der Waals surface area contributed by atoms with Gasteiger partial charge in [-0.25, -0.2) is 4.98 Å². The van der Waals surface area contributed by atoms with E-state index in [-0.39, 0.29) is 0 Å². The van der Waals surface area contributed by atoms with Gasteiger partial charge in [0, 0.05) is 12.7 Å². The summed E-state index contributed by atoms with van der Waals surface area (Å²) in [5, 5.41) is 8.43. The van der Waals surface area contributed by atoms with Crippen molar-refractivity contribution in [3.8, 4) is 11.5 Å². The molecule has 0 saturated heterocycles. The van der Waals surface area contributed by atoms with E-state index in [0.29, 0.717) is 0 Å². The molecule has 0 N–H and O–H groups in total. The third-order valence-electron chi connectivity index (χ3n) is 3.07. The highest BCUT2D eigenvalue weighted by molar-refractivity contribution is 5.56. The fraction of sp³-hybridized carbons (Fsp3) is 0.250. The van der Waals surface area contributed by atoms with Gasteiger partial charge in [-0.1, -0.05) is 6.07 Å². The van der Waals surface area contributed by atoms with Crippen molar-refractivity contribution in [2.45, 2.75) is 13.8 Å². The highest BCUT2D eigenvalue weighted by Crippen LogP contribution is 2.19. The van der Waals surface area contributed by atoms with Gasteiger partial charge in [0.1, 0.15) is 11.5 Å². The van der Waals surface area contributed by atoms with Gasteiger partial charge in [0.25, 0.3) is 0 Å². The monoisotopic (exact) mass is 227 g/mol. The number of hydrogen-bond donors (Lipinski definition) is 0. The number of nitrogens with zero attached hydrogens (tertiary/aromatic N) is 5. The highest BCUT2D eigenvalue weighted by Gasteiger charge is 2.13.